The molecule has 1 atom stereocenters. The molecule has 1 saturated heterocycles. The van der Waals surface area contributed by atoms with Gasteiger partial charge in [-0.15, -0.1) is 0 Å². The molecule has 178 valence electrons. The predicted octanol–water partition coefficient (Wildman–Crippen LogP) is 3.51. The second kappa shape index (κ2) is 10.1. The van der Waals surface area contributed by atoms with Gasteiger partial charge in [-0.25, -0.2) is 9.98 Å². The number of aliphatic hydroxyl groups is 1. The second-order valence-corrected chi connectivity index (χ2v) is 10.7. The minimum Gasteiger partial charge on any atom is -0.384 e. The number of imidazole rings is 1. The quantitative estimate of drug-likeness (QED) is 0.523. The van der Waals surface area contributed by atoms with Gasteiger partial charge in [-0.2, -0.15) is 0 Å². The van der Waals surface area contributed by atoms with Gasteiger partial charge in [0.2, 0.25) is 0 Å². The lowest BCUT2D eigenvalue weighted by atomic mass is 9.93. The van der Waals surface area contributed by atoms with Crippen molar-refractivity contribution in [3.05, 3.63) is 33.4 Å². The standard InChI is InChI=1S/C23H31BrN6O2S/c1-13-10-17(24)18(11-14(13)2)33-23-28-19-20(25)26-12-27-21(19)30(23)9-6-16-4-7-29(8-5-16)22(32)15(3)31/h10-11,15-16,27,31H,4-9,12H2,1-3H3,(H2,25,26)/t15-/m0/s1. The summed E-state index contributed by atoms with van der Waals surface area (Å²) in [4.78, 5) is 24.1. The van der Waals surface area contributed by atoms with Crippen LogP contribution in [0.4, 0.5) is 5.82 Å². The molecule has 2 aliphatic heterocycles. The van der Waals surface area contributed by atoms with E-state index >= 15 is 0 Å². The van der Waals surface area contributed by atoms with E-state index < -0.39 is 6.10 Å². The molecule has 2 aromatic rings. The summed E-state index contributed by atoms with van der Waals surface area (Å²) in [7, 11) is 0. The number of nitrogens with zero attached hydrogens (tertiary/aromatic N) is 4. The minimum absolute atomic E-state index is 0.172. The lowest BCUT2D eigenvalue weighted by Gasteiger charge is -2.33. The number of fused-ring (bicyclic) bond motifs is 1. The fourth-order valence-corrected chi connectivity index (χ4v) is 6.02. The van der Waals surface area contributed by atoms with E-state index in [-0.39, 0.29) is 5.91 Å². The first-order chi connectivity index (χ1) is 15.7. The number of hydrogen-bond acceptors (Lipinski definition) is 7. The van der Waals surface area contributed by atoms with Crippen LogP contribution in [0.25, 0.3) is 0 Å². The number of carbonyl (C=O) groups excluding carboxylic acids is 1. The molecule has 0 bridgehead atoms. The lowest BCUT2D eigenvalue weighted by molar-refractivity contribution is -0.140. The Labute approximate surface area is 207 Å². The predicted molar refractivity (Wildman–Crippen MR) is 135 cm³/mol. The molecule has 0 aliphatic carbocycles. The number of rotatable bonds is 6. The van der Waals surface area contributed by atoms with Gasteiger partial charge in [0.05, 0.1) is 0 Å². The first-order valence-electron chi connectivity index (χ1n) is 11.3. The van der Waals surface area contributed by atoms with Crippen LogP contribution in [0.5, 0.6) is 0 Å². The Hall–Kier alpha value is -2.04. The maximum absolute atomic E-state index is 12.1. The van der Waals surface area contributed by atoms with Gasteiger partial charge in [0, 0.05) is 29.0 Å². The topological polar surface area (TPSA) is 109 Å². The number of anilines is 1. The third kappa shape index (κ3) is 5.22. The SMILES string of the molecule is Cc1cc(Br)c(Sc2nc3c(n2CCC2CCN(C(=O)[C@H](C)O)CC2)NCN=C3N)cc1C. The van der Waals surface area contributed by atoms with Crippen molar-refractivity contribution >= 4 is 45.3 Å². The Kier molecular flexibility index (Phi) is 7.35. The zero-order valence-corrected chi connectivity index (χ0v) is 21.7. The highest BCUT2D eigenvalue weighted by Crippen LogP contribution is 2.38. The second-order valence-electron chi connectivity index (χ2n) is 8.82. The van der Waals surface area contributed by atoms with Crippen LogP contribution in [0.1, 0.15) is 43.0 Å². The van der Waals surface area contributed by atoms with Gasteiger partial charge in [0.15, 0.2) is 5.16 Å². The number of aryl methyl sites for hydroxylation is 2. The monoisotopic (exact) mass is 534 g/mol. The van der Waals surface area contributed by atoms with Crippen molar-refractivity contribution in [3.63, 3.8) is 0 Å². The van der Waals surface area contributed by atoms with E-state index in [2.05, 4.69) is 56.8 Å². The fraction of sp³-hybridized carbons (Fsp3) is 0.522. The summed E-state index contributed by atoms with van der Waals surface area (Å²) >= 11 is 5.33. The van der Waals surface area contributed by atoms with Crippen molar-refractivity contribution in [1.82, 2.24) is 14.5 Å². The molecule has 4 N–H and O–H groups in total. The summed E-state index contributed by atoms with van der Waals surface area (Å²) < 4.78 is 3.27. The third-order valence-corrected chi connectivity index (χ3v) is 8.44. The molecule has 10 heteroatoms. The molecule has 2 aliphatic rings. The normalized spacial score (nSPS) is 17.4. The van der Waals surface area contributed by atoms with Crippen LogP contribution >= 0.6 is 27.7 Å². The molecule has 1 aromatic heterocycles. The number of likely N-dealkylation sites (tertiary alicyclic amines) is 1. The Morgan fingerprint density at radius 2 is 2.03 bits per heavy atom. The number of benzene rings is 1. The number of carbonyl (C=O) groups is 1. The smallest absolute Gasteiger partial charge is 0.251 e. The number of nitrogens with one attached hydrogen (secondary N) is 1. The number of amides is 1. The molecule has 1 aromatic carbocycles. The molecule has 0 unspecified atom stereocenters. The summed E-state index contributed by atoms with van der Waals surface area (Å²) in [5.41, 5.74) is 9.35. The van der Waals surface area contributed by atoms with Gasteiger partial charge in [0.25, 0.3) is 5.91 Å². The van der Waals surface area contributed by atoms with Gasteiger partial charge in [-0.1, -0.05) is 11.8 Å². The first-order valence-corrected chi connectivity index (χ1v) is 12.9. The molecule has 1 fully saturated rings. The zero-order chi connectivity index (χ0) is 23.7. The van der Waals surface area contributed by atoms with Crippen molar-refractivity contribution in [1.29, 1.82) is 0 Å². The molecule has 0 saturated carbocycles. The Morgan fingerprint density at radius 1 is 1.33 bits per heavy atom. The lowest BCUT2D eigenvalue weighted by Crippen LogP contribution is -2.43. The summed E-state index contributed by atoms with van der Waals surface area (Å²) in [6.07, 6.45) is 1.94. The summed E-state index contributed by atoms with van der Waals surface area (Å²) in [5, 5.41) is 13.8. The van der Waals surface area contributed by atoms with Crippen LogP contribution in [-0.2, 0) is 11.3 Å². The summed E-state index contributed by atoms with van der Waals surface area (Å²) in [6, 6.07) is 4.32. The number of aromatic nitrogens is 2. The van der Waals surface area contributed by atoms with Gasteiger partial charge in [-0.3, -0.25) is 4.79 Å². The first kappa shape index (κ1) is 24.1. The van der Waals surface area contributed by atoms with Crippen LogP contribution in [-0.4, -0.2) is 57.2 Å². The highest BCUT2D eigenvalue weighted by Gasteiger charge is 2.27. The van der Waals surface area contributed by atoms with Crippen molar-refractivity contribution in [3.8, 4) is 0 Å². The average molecular weight is 536 g/mol. The van der Waals surface area contributed by atoms with E-state index in [1.807, 2.05) is 0 Å². The highest BCUT2D eigenvalue weighted by atomic mass is 79.9. The third-order valence-electron chi connectivity index (χ3n) is 6.47. The van der Waals surface area contributed by atoms with E-state index in [1.165, 1.54) is 18.1 Å². The number of aliphatic hydroxyl groups excluding tert-OH is 1. The molecule has 0 spiro atoms. The van der Waals surface area contributed by atoms with Gasteiger partial charge in [0.1, 0.15) is 30.1 Å². The molecule has 3 heterocycles. The van der Waals surface area contributed by atoms with Gasteiger partial charge in [-0.05, 0) is 85.1 Å². The van der Waals surface area contributed by atoms with Crippen molar-refractivity contribution < 1.29 is 9.90 Å². The van der Waals surface area contributed by atoms with Crippen LogP contribution in [0, 0.1) is 19.8 Å². The maximum atomic E-state index is 12.1. The number of nitrogens with two attached hydrogens (primary N) is 1. The minimum atomic E-state index is -0.929. The zero-order valence-electron chi connectivity index (χ0n) is 19.3. The van der Waals surface area contributed by atoms with Crippen LogP contribution in [0.2, 0.25) is 0 Å². The molecule has 0 radical (unpaired) electrons. The van der Waals surface area contributed by atoms with E-state index in [1.54, 1.807) is 16.7 Å². The molecule has 4 rings (SSSR count). The number of amidine groups is 1. The summed E-state index contributed by atoms with van der Waals surface area (Å²) in [6.45, 7) is 8.41. The summed E-state index contributed by atoms with van der Waals surface area (Å²) in [5.74, 6) is 1.73. The molecular weight excluding hydrogens is 504 g/mol. The Balaban J connectivity index is 1.51. The Morgan fingerprint density at radius 3 is 2.73 bits per heavy atom. The fourth-order valence-electron chi connectivity index (χ4n) is 4.30. The Bertz CT molecular complexity index is 1080. The van der Waals surface area contributed by atoms with Crippen molar-refractivity contribution in [2.45, 2.75) is 62.7 Å². The van der Waals surface area contributed by atoms with Crippen molar-refractivity contribution in [2.24, 2.45) is 16.6 Å². The highest BCUT2D eigenvalue weighted by molar-refractivity contribution is 9.10. The molecule has 8 nitrogen and oxygen atoms in total. The molecular formula is C23H31BrN6O2S. The number of piperidine rings is 1. The number of hydrogen-bond donors (Lipinski definition) is 3. The number of halogens is 1. The molecule has 1 amide bonds. The van der Waals surface area contributed by atoms with Crippen molar-refractivity contribution in [2.75, 3.05) is 25.1 Å². The maximum Gasteiger partial charge on any atom is 0.251 e. The van der Waals surface area contributed by atoms with Gasteiger partial charge >= 0.3 is 0 Å². The largest absolute Gasteiger partial charge is 0.384 e. The van der Waals surface area contributed by atoms with E-state index in [0.29, 0.717) is 37.2 Å². The number of aliphatic imine (C=N–C) groups is 1. The van der Waals surface area contributed by atoms with E-state index in [9.17, 15) is 9.90 Å². The van der Waals surface area contributed by atoms with Crippen LogP contribution in [0.3, 0.4) is 0 Å². The van der Waals surface area contributed by atoms with E-state index in [0.717, 1.165) is 46.1 Å². The van der Waals surface area contributed by atoms with Gasteiger partial charge < -0.3 is 25.6 Å². The van der Waals surface area contributed by atoms with E-state index in [4.69, 9.17) is 10.7 Å². The average Bonchev–Trinajstić information content (AvgIpc) is 3.14. The van der Waals surface area contributed by atoms with Crippen LogP contribution < -0.4 is 11.1 Å². The molecule has 33 heavy (non-hydrogen) atoms. The van der Waals surface area contributed by atoms with Crippen LogP contribution in [0.15, 0.2) is 31.6 Å².